The van der Waals surface area contributed by atoms with E-state index in [4.69, 9.17) is 11.5 Å². The van der Waals surface area contributed by atoms with E-state index < -0.39 is 53.8 Å². The third-order valence-electron chi connectivity index (χ3n) is 5.43. The highest BCUT2D eigenvalue weighted by Crippen LogP contribution is 2.19. The second-order valence-electron chi connectivity index (χ2n) is 7.74. The van der Waals surface area contributed by atoms with Crippen LogP contribution in [0.15, 0.2) is 0 Å². The molecule has 0 spiro atoms. The summed E-state index contributed by atoms with van der Waals surface area (Å²) in [7, 11) is 0. The molecular weight excluding hydrogens is 394 g/mol. The van der Waals surface area contributed by atoms with Gasteiger partial charge in [0.05, 0.1) is 6.04 Å². The first-order valence-electron chi connectivity index (χ1n) is 10.2. The van der Waals surface area contributed by atoms with Gasteiger partial charge in [-0.2, -0.15) is 0 Å². The molecule has 11 heteroatoms. The Labute approximate surface area is 175 Å². The van der Waals surface area contributed by atoms with Gasteiger partial charge in [0.1, 0.15) is 18.1 Å². The van der Waals surface area contributed by atoms with Crippen molar-refractivity contribution >= 4 is 29.6 Å². The number of carboxylic acid groups (broad SMARTS) is 1. The third kappa shape index (κ3) is 6.97. The molecule has 1 heterocycles. The van der Waals surface area contributed by atoms with Crippen molar-refractivity contribution in [3.63, 3.8) is 0 Å². The molecule has 0 bridgehead atoms. The van der Waals surface area contributed by atoms with Crippen LogP contribution in [0.25, 0.3) is 0 Å². The van der Waals surface area contributed by atoms with Crippen LogP contribution in [0.2, 0.25) is 0 Å². The molecule has 0 aliphatic carbocycles. The molecule has 30 heavy (non-hydrogen) atoms. The molecule has 0 aromatic heterocycles. The van der Waals surface area contributed by atoms with Gasteiger partial charge in [-0.1, -0.05) is 20.3 Å². The maximum absolute atomic E-state index is 12.9. The smallest absolute Gasteiger partial charge is 0.326 e. The fraction of sp³-hybridized carbons (Fsp3) is 0.737. The number of hydrogen-bond donors (Lipinski definition) is 5. The lowest BCUT2D eigenvalue weighted by molar-refractivity contribution is -0.149. The first-order valence-corrected chi connectivity index (χ1v) is 10.2. The monoisotopic (exact) mass is 427 g/mol. The number of aliphatic carboxylic acids is 1. The molecule has 11 nitrogen and oxygen atoms in total. The average molecular weight is 428 g/mol. The first kappa shape index (κ1) is 25.3. The van der Waals surface area contributed by atoms with Gasteiger partial charge in [0.25, 0.3) is 0 Å². The maximum atomic E-state index is 12.9. The van der Waals surface area contributed by atoms with Crippen LogP contribution in [0, 0.1) is 5.92 Å². The van der Waals surface area contributed by atoms with Gasteiger partial charge in [-0.05, 0) is 32.1 Å². The summed E-state index contributed by atoms with van der Waals surface area (Å²) in [5.41, 5.74) is 11.0. The quantitative estimate of drug-likeness (QED) is 0.271. The number of amides is 4. The normalized spacial score (nSPS) is 20.0. The summed E-state index contributed by atoms with van der Waals surface area (Å²) in [4.78, 5) is 61.4. The van der Waals surface area contributed by atoms with E-state index in [1.54, 1.807) is 0 Å². The number of carbonyl (C=O) groups is 5. The number of primary amides is 1. The van der Waals surface area contributed by atoms with Crippen molar-refractivity contribution in [2.24, 2.45) is 17.4 Å². The molecule has 1 aliphatic heterocycles. The molecule has 0 aromatic carbocycles. The van der Waals surface area contributed by atoms with Gasteiger partial charge in [0, 0.05) is 13.0 Å². The van der Waals surface area contributed by atoms with Crippen LogP contribution < -0.4 is 22.1 Å². The molecule has 1 saturated heterocycles. The van der Waals surface area contributed by atoms with E-state index in [9.17, 15) is 29.1 Å². The van der Waals surface area contributed by atoms with Crippen molar-refractivity contribution < 1.29 is 29.1 Å². The molecule has 0 saturated carbocycles. The van der Waals surface area contributed by atoms with Crippen molar-refractivity contribution in [1.29, 1.82) is 0 Å². The number of nitrogens with one attached hydrogen (secondary N) is 2. The van der Waals surface area contributed by atoms with E-state index in [1.807, 2.05) is 13.8 Å². The predicted molar refractivity (Wildman–Crippen MR) is 108 cm³/mol. The van der Waals surface area contributed by atoms with Gasteiger partial charge < -0.3 is 32.1 Å². The zero-order valence-corrected chi connectivity index (χ0v) is 17.7. The van der Waals surface area contributed by atoms with Crippen molar-refractivity contribution in [3.8, 4) is 0 Å². The lowest BCUT2D eigenvalue weighted by atomic mass is 9.99. The summed E-state index contributed by atoms with van der Waals surface area (Å²) >= 11 is 0. The lowest BCUT2D eigenvalue weighted by Crippen LogP contribution is -2.57. The second kappa shape index (κ2) is 11.5. The number of likely N-dealkylation sites (tertiary alicyclic amines) is 1. The van der Waals surface area contributed by atoms with Crippen LogP contribution in [-0.2, 0) is 24.0 Å². The Morgan fingerprint density at radius 1 is 1.13 bits per heavy atom. The Morgan fingerprint density at radius 2 is 1.77 bits per heavy atom. The molecule has 0 aromatic rings. The molecule has 1 fully saturated rings. The number of carbonyl (C=O) groups excluding carboxylic acids is 4. The third-order valence-corrected chi connectivity index (χ3v) is 5.43. The zero-order valence-electron chi connectivity index (χ0n) is 17.7. The molecule has 5 unspecified atom stereocenters. The van der Waals surface area contributed by atoms with Crippen LogP contribution in [0.1, 0.15) is 52.9 Å². The molecule has 0 radical (unpaired) electrons. The topological polar surface area (TPSA) is 185 Å². The van der Waals surface area contributed by atoms with Gasteiger partial charge in [-0.25, -0.2) is 4.79 Å². The second-order valence-corrected chi connectivity index (χ2v) is 7.74. The van der Waals surface area contributed by atoms with Crippen molar-refractivity contribution in [3.05, 3.63) is 0 Å². The van der Waals surface area contributed by atoms with Gasteiger partial charge in [-0.3, -0.25) is 19.2 Å². The van der Waals surface area contributed by atoms with Gasteiger partial charge in [0.2, 0.25) is 23.6 Å². The molecule has 4 amide bonds. The van der Waals surface area contributed by atoms with E-state index >= 15 is 0 Å². The Morgan fingerprint density at radius 3 is 2.30 bits per heavy atom. The maximum Gasteiger partial charge on any atom is 0.326 e. The fourth-order valence-corrected chi connectivity index (χ4v) is 3.22. The Hall–Kier alpha value is -2.69. The molecule has 7 N–H and O–H groups in total. The van der Waals surface area contributed by atoms with Crippen LogP contribution in [0.3, 0.4) is 0 Å². The van der Waals surface area contributed by atoms with Crippen molar-refractivity contribution in [2.45, 2.75) is 77.0 Å². The van der Waals surface area contributed by atoms with Crippen LogP contribution in [0.5, 0.6) is 0 Å². The van der Waals surface area contributed by atoms with Crippen LogP contribution >= 0.6 is 0 Å². The molecule has 5 atom stereocenters. The number of hydrogen-bond acceptors (Lipinski definition) is 6. The molecule has 170 valence electrons. The standard InChI is InChI=1S/C19H33N5O6/c1-4-10(2)15(21)17(27)22-11(3)16(26)23-12(7-8-14(20)25)18(28)24-9-5-6-13(24)19(29)30/h10-13,15H,4-9,21H2,1-3H3,(H2,20,25)(H,22,27)(H,23,26)(H,29,30). The number of carboxylic acids is 1. The summed E-state index contributed by atoms with van der Waals surface area (Å²) < 4.78 is 0. The summed E-state index contributed by atoms with van der Waals surface area (Å²) in [6.07, 6.45) is 1.30. The number of nitrogens with two attached hydrogens (primary N) is 2. The summed E-state index contributed by atoms with van der Waals surface area (Å²) in [5, 5.41) is 14.3. The van der Waals surface area contributed by atoms with Gasteiger partial charge in [0.15, 0.2) is 0 Å². The fourth-order valence-electron chi connectivity index (χ4n) is 3.22. The Bertz CT molecular complexity index is 670. The summed E-state index contributed by atoms with van der Waals surface area (Å²) in [5.74, 6) is -3.58. The molecule has 1 rings (SSSR count). The largest absolute Gasteiger partial charge is 0.480 e. The number of rotatable bonds is 11. The highest BCUT2D eigenvalue weighted by molar-refractivity contribution is 5.94. The average Bonchev–Trinajstić information content (AvgIpc) is 3.18. The van der Waals surface area contributed by atoms with Gasteiger partial charge in [-0.15, -0.1) is 0 Å². The van der Waals surface area contributed by atoms with Crippen molar-refractivity contribution in [1.82, 2.24) is 15.5 Å². The molecular formula is C19H33N5O6. The van der Waals surface area contributed by atoms with Crippen molar-refractivity contribution in [2.75, 3.05) is 6.54 Å². The zero-order chi connectivity index (χ0) is 23.0. The highest BCUT2D eigenvalue weighted by Gasteiger charge is 2.38. The van der Waals surface area contributed by atoms with Crippen LogP contribution in [0.4, 0.5) is 0 Å². The first-order chi connectivity index (χ1) is 14.0. The SMILES string of the molecule is CCC(C)C(N)C(=O)NC(C)C(=O)NC(CCC(N)=O)C(=O)N1CCCC1C(=O)O. The van der Waals surface area contributed by atoms with Crippen LogP contribution in [-0.4, -0.2) is 70.3 Å². The van der Waals surface area contributed by atoms with E-state index in [1.165, 1.54) is 11.8 Å². The summed E-state index contributed by atoms with van der Waals surface area (Å²) in [6.45, 7) is 5.41. The van der Waals surface area contributed by atoms with E-state index in [2.05, 4.69) is 10.6 Å². The minimum Gasteiger partial charge on any atom is -0.480 e. The lowest BCUT2D eigenvalue weighted by Gasteiger charge is -2.28. The molecule has 1 aliphatic rings. The highest BCUT2D eigenvalue weighted by atomic mass is 16.4. The van der Waals surface area contributed by atoms with E-state index in [-0.39, 0.29) is 25.3 Å². The van der Waals surface area contributed by atoms with E-state index in [0.717, 1.165) is 0 Å². The Kier molecular flexibility index (Phi) is 9.70. The number of nitrogens with zero attached hydrogens (tertiary/aromatic N) is 1. The summed E-state index contributed by atoms with van der Waals surface area (Å²) in [6, 6.07) is -3.87. The van der Waals surface area contributed by atoms with Gasteiger partial charge >= 0.3 is 5.97 Å². The minimum absolute atomic E-state index is 0.0736. The predicted octanol–water partition coefficient (Wildman–Crippen LogP) is -1.31. The van der Waals surface area contributed by atoms with E-state index in [0.29, 0.717) is 19.3 Å². The Balaban J connectivity index is 2.84. The minimum atomic E-state index is -1.13.